The Hall–Kier alpha value is -2.10. The van der Waals surface area contributed by atoms with Crippen molar-refractivity contribution in [2.24, 2.45) is 11.8 Å². The van der Waals surface area contributed by atoms with Crippen molar-refractivity contribution >= 4 is 0 Å². The van der Waals surface area contributed by atoms with Gasteiger partial charge >= 0.3 is 6.18 Å². The summed E-state index contributed by atoms with van der Waals surface area (Å²) in [6.07, 6.45) is 2.08. The predicted octanol–water partition coefficient (Wildman–Crippen LogP) is 8.46. The third-order valence-corrected chi connectivity index (χ3v) is 6.16. The number of alkyl halides is 3. The summed E-state index contributed by atoms with van der Waals surface area (Å²) in [5, 5.41) is 0. The summed E-state index contributed by atoms with van der Waals surface area (Å²) >= 11 is 0. The minimum atomic E-state index is -4.56. The van der Waals surface area contributed by atoms with Crippen LogP contribution in [0.4, 0.5) is 17.6 Å². The zero-order valence-corrected chi connectivity index (χ0v) is 17.5. The molecule has 0 radical (unpaired) electrons. The number of allylic oxidation sites excluding steroid dienone is 2. The molecular weight excluding hydrogens is 388 g/mol. The highest BCUT2D eigenvalue weighted by atomic mass is 19.4. The maximum Gasteiger partial charge on any atom is 0.412 e. The third-order valence-electron chi connectivity index (χ3n) is 6.16. The van der Waals surface area contributed by atoms with Crippen molar-refractivity contribution < 1.29 is 17.6 Å². The molecule has 4 heteroatoms. The van der Waals surface area contributed by atoms with Gasteiger partial charge in [0.25, 0.3) is 0 Å². The summed E-state index contributed by atoms with van der Waals surface area (Å²) in [5.74, 6) is -1.10. The molecule has 0 aromatic heterocycles. The van der Waals surface area contributed by atoms with Gasteiger partial charge in [-0.25, -0.2) is 4.39 Å². The number of hydrogen-bond donors (Lipinski definition) is 0. The minimum absolute atomic E-state index is 0.170. The predicted molar refractivity (Wildman–Crippen MR) is 115 cm³/mol. The van der Waals surface area contributed by atoms with Gasteiger partial charge in [-0.15, -0.1) is 0 Å². The van der Waals surface area contributed by atoms with E-state index >= 15 is 0 Å². The summed E-state index contributed by atoms with van der Waals surface area (Å²) in [7, 11) is 0. The SMILES string of the molecule is CCCc1ccc(-c2ccc(CCC3CCC(/C(F)=C/C(F)(F)F)CC3)cc2)cc1. The Labute approximate surface area is 177 Å². The average molecular weight is 419 g/mol. The summed E-state index contributed by atoms with van der Waals surface area (Å²) in [6.45, 7) is 2.18. The van der Waals surface area contributed by atoms with E-state index in [2.05, 4.69) is 55.5 Å². The van der Waals surface area contributed by atoms with E-state index in [1.165, 1.54) is 22.3 Å². The van der Waals surface area contributed by atoms with E-state index in [9.17, 15) is 17.6 Å². The smallest absolute Gasteiger partial charge is 0.212 e. The number of aryl methyl sites for hydroxylation is 2. The van der Waals surface area contributed by atoms with E-state index in [4.69, 9.17) is 0 Å². The van der Waals surface area contributed by atoms with Gasteiger partial charge < -0.3 is 0 Å². The number of rotatable bonds is 7. The van der Waals surface area contributed by atoms with Gasteiger partial charge in [0, 0.05) is 5.92 Å². The van der Waals surface area contributed by atoms with Crippen LogP contribution in [0.1, 0.15) is 56.6 Å². The van der Waals surface area contributed by atoms with Gasteiger partial charge in [0.1, 0.15) is 5.83 Å². The van der Waals surface area contributed by atoms with Crippen LogP contribution in [0.25, 0.3) is 11.1 Å². The molecule has 0 atom stereocenters. The normalized spacial score (nSPS) is 20.4. The van der Waals surface area contributed by atoms with Crippen LogP contribution in [0.5, 0.6) is 0 Å². The van der Waals surface area contributed by atoms with Crippen molar-refractivity contribution in [2.45, 2.75) is 64.5 Å². The molecule has 0 unspecified atom stereocenters. The van der Waals surface area contributed by atoms with E-state index in [1.807, 2.05) is 0 Å². The second-order valence-corrected chi connectivity index (χ2v) is 8.47. The van der Waals surface area contributed by atoms with Crippen LogP contribution in [-0.2, 0) is 12.8 Å². The Balaban J connectivity index is 1.47. The summed E-state index contributed by atoms with van der Waals surface area (Å²) in [4.78, 5) is 0. The van der Waals surface area contributed by atoms with E-state index in [1.54, 1.807) is 0 Å². The first-order chi connectivity index (χ1) is 14.3. The maximum atomic E-state index is 13.7. The number of hydrogen-bond acceptors (Lipinski definition) is 0. The van der Waals surface area contributed by atoms with E-state index < -0.39 is 17.9 Å². The molecule has 0 nitrogen and oxygen atoms in total. The Morgan fingerprint density at radius 1 is 0.833 bits per heavy atom. The van der Waals surface area contributed by atoms with Crippen molar-refractivity contribution in [3.8, 4) is 11.1 Å². The van der Waals surface area contributed by atoms with E-state index in [-0.39, 0.29) is 6.08 Å². The lowest BCUT2D eigenvalue weighted by Crippen LogP contribution is -2.17. The van der Waals surface area contributed by atoms with Gasteiger partial charge in [-0.05, 0) is 73.1 Å². The fourth-order valence-corrected chi connectivity index (χ4v) is 4.39. The molecule has 0 amide bonds. The highest BCUT2D eigenvalue weighted by molar-refractivity contribution is 5.63. The fraction of sp³-hybridized carbons (Fsp3) is 0.462. The zero-order valence-electron chi connectivity index (χ0n) is 17.5. The lowest BCUT2D eigenvalue weighted by atomic mass is 9.79. The van der Waals surface area contributed by atoms with Crippen LogP contribution in [0.2, 0.25) is 0 Å². The molecular formula is C26H30F4. The standard InChI is InChI=1S/C26H30F4/c1-2-3-19-6-12-22(13-7-19)23-14-8-20(9-15-23)4-5-21-10-16-24(17-11-21)25(27)18-26(28,29)30/h6-9,12-15,18,21,24H,2-5,10-11,16-17H2,1H3/b25-18-. The summed E-state index contributed by atoms with van der Waals surface area (Å²) in [6, 6.07) is 17.3. The van der Waals surface area contributed by atoms with Gasteiger partial charge in [0.2, 0.25) is 0 Å². The largest absolute Gasteiger partial charge is 0.412 e. The summed E-state index contributed by atoms with van der Waals surface area (Å²) in [5.41, 5.74) is 5.05. The van der Waals surface area contributed by atoms with Crippen molar-refractivity contribution in [1.29, 1.82) is 0 Å². The van der Waals surface area contributed by atoms with Crippen molar-refractivity contribution in [3.05, 3.63) is 71.6 Å². The molecule has 0 heterocycles. The molecule has 30 heavy (non-hydrogen) atoms. The highest BCUT2D eigenvalue weighted by Crippen LogP contribution is 2.37. The molecule has 0 aliphatic heterocycles. The third kappa shape index (κ3) is 6.72. The molecule has 2 aromatic rings. The van der Waals surface area contributed by atoms with Gasteiger partial charge in [-0.3, -0.25) is 0 Å². The second-order valence-electron chi connectivity index (χ2n) is 8.47. The molecule has 1 aliphatic carbocycles. The van der Waals surface area contributed by atoms with Crippen LogP contribution in [-0.4, -0.2) is 6.18 Å². The van der Waals surface area contributed by atoms with Crippen LogP contribution < -0.4 is 0 Å². The van der Waals surface area contributed by atoms with E-state index in [0.717, 1.165) is 38.5 Å². The van der Waals surface area contributed by atoms with Crippen LogP contribution in [0, 0.1) is 11.8 Å². The van der Waals surface area contributed by atoms with Crippen molar-refractivity contribution in [2.75, 3.05) is 0 Å². The molecule has 1 fully saturated rings. The first-order valence-corrected chi connectivity index (χ1v) is 11.0. The van der Waals surface area contributed by atoms with Crippen molar-refractivity contribution in [1.82, 2.24) is 0 Å². The number of benzene rings is 2. The molecule has 0 bridgehead atoms. The molecule has 3 rings (SSSR count). The zero-order chi connectivity index (χ0) is 21.6. The fourth-order valence-electron chi connectivity index (χ4n) is 4.39. The average Bonchev–Trinajstić information content (AvgIpc) is 2.73. The first kappa shape index (κ1) is 22.6. The second kappa shape index (κ2) is 10.3. The van der Waals surface area contributed by atoms with Crippen molar-refractivity contribution in [3.63, 3.8) is 0 Å². The molecule has 1 saturated carbocycles. The summed E-state index contributed by atoms with van der Waals surface area (Å²) < 4.78 is 50.7. The lowest BCUT2D eigenvalue weighted by Gasteiger charge is -2.27. The molecule has 2 aromatic carbocycles. The molecule has 0 spiro atoms. The monoisotopic (exact) mass is 418 g/mol. The Bertz CT molecular complexity index is 808. The van der Waals surface area contributed by atoms with Crippen LogP contribution in [0.3, 0.4) is 0 Å². The van der Waals surface area contributed by atoms with Gasteiger partial charge in [0.05, 0.1) is 6.08 Å². The Morgan fingerprint density at radius 2 is 1.33 bits per heavy atom. The lowest BCUT2D eigenvalue weighted by molar-refractivity contribution is -0.0821. The number of halogens is 4. The quantitative estimate of drug-likeness (QED) is 0.396. The molecule has 0 N–H and O–H groups in total. The molecule has 1 aliphatic rings. The molecule has 0 saturated heterocycles. The van der Waals surface area contributed by atoms with Gasteiger partial charge in [0.15, 0.2) is 0 Å². The van der Waals surface area contributed by atoms with Crippen LogP contribution in [0.15, 0.2) is 60.4 Å². The maximum absolute atomic E-state index is 13.7. The van der Waals surface area contributed by atoms with Crippen LogP contribution >= 0.6 is 0 Å². The Kier molecular flexibility index (Phi) is 7.74. The van der Waals surface area contributed by atoms with E-state index in [0.29, 0.717) is 18.8 Å². The highest BCUT2D eigenvalue weighted by Gasteiger charge is 2.30. The topological polar surface area (TPSA) is 0 Å². The minimum Gasteiger partial charge on any atom is -0.212 e. The Morgan fingerprint density at radius 3 is 1.80 bits per heavy atom. The first-order valence-electron chi connectivity index (χ1n) is 11.0. The molecule has 162 valence electrons. The van der Waals surface area contributed by atoms with Gasteiger partial charge in [-0.2, -0.15) is 13.2 Å². The van der Waals surface area contributed by atoms with Gasteiger partial charge in [-0.1, -0.05) is 61.9 Å².